The second kappa shape index (κ2) is 12.2. The topological polar surface area (TPSA) is 171 Å². The Labute approximate surface area is 162 Å². The van der Waals surface area contributed by atoms with E-state index in [0.29, 0.717) is 26.2 Å². The van der Waals surface area contributed by atoms with Crippen LogP contribution in [0, 0.1) is 0 Å². The number of carboxylic acid groups (broad SMARTS) is 4. The number of carboxylic acids is 4. The molecular weight excluding hydrogens is 376 g/mol. The van der Waals surface area contributed by atoms with Gasteiger partial charge in [-0.15, -0.1) is 0 Å². The number of nitrogens with one attached hydrogen (secondary N) is 1. The predicted molar refractivity (Wildman–Crippen MR) is 96.3 cm³/mol. The first kappa shape index (κ1) is 23.8. The average Bonchev–Trinajstić information content (AvgIpc) is 2.53. The molecule has 28 heavy (non-hydrogen) atoms. The van der Waals surface area contributed by atoms with Crippen LogP contribution in [0.25, 0.3) is 0 Å². The lowest BCUT2D eigenvalue weighted by Crippen LogP contribution is -2.51. The Hall–Kier alpha value is -2.28. The summed E-state index contributed by atoms with van der Waals surface area (Å²) in [5.74, 6) is -4.13. The van der Waals surface area contributed by atoms with Gasteiger partial charge in [0, 0.05) is 51.9 Å². The third kappa shape index (κ3) is 10.8. The van der Waals surface area contributed by atoms with Gasteiger partial charge in [0.05, 0.1) is 26.1 Å². The molecule has 1 saturated heterocycles. The normalized spacial score (nSPS) is 21.4. The molecule has 0 aromatic rings. The van der Waals surface area contributed by atoms with E-state index in [4.69, 9.17) is 20.4 Å². The maximum absolute atomic E-state index is 11.1. The second-order valence-electron chi connectivity index (χ2n) is 6.72. The Balaban J connectivity index is 2.92. The van der Waals surface area contributed by atoms with Crippen molar-refractivity contribution in [1.29, 1.82) is 0 Å². The molecule has 0 saturated carbocycles. The highest BCUT2D eigenvalue weighted by Crippen LogP contribution is 2.02. The van der Waals surface area contributed by atoms with Crippen molar-refractivity contribution in [2.75, 3.05) is 65.4 Å². The van der Waals surface area contributed by atoms with E-state index >= 15 is 0 Å². The van der Waals surface area contributed by atoms with Gasteiger partial charge in [-0.05, 0) is 0 Å². The summed E-state index contributed by atoms with van der Waals surface area (Å²) in [7, 11) is 0. The molecule has 0 aromatic carbocycles. The van der Waals surface area contributed by atoms with Gasteiger partial charge in [0.15, 0.2) is 0 Å². The number of nitrogens with zero attached hydrogens (tertiary/aromatic N) is 3. The number of carbonyl (C=O) groups is 4. The molecule has 0 aliphatic carbocycles. The fourth-order valence-electron chi connectivity index (χ4n) is 3.06. The van der Waals surface area contributed by atoms with Crippen LogP contribution in [-0.4, -0.2) is 130 Å². The summed E-state index contributed by atoms with van der Waals surface area (Å²) in [5.41, 5.74) is 0. The Morgan fingerprint density at radius 1 is 0.679 bits per heavy atom. The lowest BCUT2D eigenvalue weighted by atomic mass is 10.2. The van der Waals surface area contributed by atoms with Crippen molar-refractivity contribution in [3.63, 3.8) is 0 Å². The summed E-state index contributed by atoms with van der Waals surface area (Å²) in [6.07, 6.45) is -0.214. The molecule has 1 aliphatic rings. The molecule has 0 amide bonds. The summed E-state index contributed by atoms with van der Waals surface area (Å²) in [5, 5.41) is 39.4. The SMILES string of the molecule is O=C(O)CC1CN(CC(=O)O)CCN(CC(=O)O)CCN(CC(=O)O)CCN1. The summed E-state index contributed by atoms with van der Waals surface area (Å²) in [4.78, 5) is 49.2. The number of hydrogen-bond acceptors (Lipinski definition) is 8. The van der Waals surface area contributed by atoms with Crippen LogP contribution in [0.1, 0.15) is 6.42 Å². The second-order valence-corrected chi connectivity index (χ2v) is 6.72. The monoisotopic (exact) mass is 404 g/mol. The van der Waals surface area contributed by atoms with Crippen molar-refractivity contribution in [3.8, 4) is 0 Å². The molecule has 1 rings (SSSR count). The van der Waals surface area contributed by atoms with E-state index in [0.717, 1.165) is 0 Å². The van der Waals surface area contributed by atoms with Crippen molar-refractivity contribution in [2.24, 2.45) is 0 Å². The molecule has 1 atom stereocenters. The van der Waals surface area contributed by atoms with E-state index in [-0.39, 0.29) is 45.7 Å². The van der Waals surface area contributed by atoms with Crippen LogP contribution in [0.2, 0.25) is 0 Å². The highest BCUT2D eigenvalue weighted by Gasteiger charge is 2.22. The summed E-state index contributed by atoms with van der Waals surface area (Å²) >= 11 is 0. The van der Waals surface area contributed by atoms with E-state index in [1.165, 1.54) is 0 Å². The first-order valence-electron chi connectivity index (χ1n) is 8.93. The van der Waals surface area contributed by atoms with E-state index in [9.17, 15) is 19.2 Å². The van der Waals surface area contributed by atoms with Crippen LogP contribution in [-0.2, 0) is 19.2 Å². The van der Waals surface area contributed by atoms with Crippen LogP contribution in [0.4, 0.5) is 0 Å². The van der Waals surface area contributed by atoms with Crippen LogP contribution in [0.15, 0.2) is 0 Å². The van der Waals surface area contributed by atoms with Crippen LogP contribution in [0.5, 0.6) is 0 Å². The smallest absolute Gasteiger partial charge is 0.317 e. The van der Waals surface area contributed by atoms with Gasteiger partial charge in [-0.3, -0.25) is 33.9 Å². The lowest BCUT2D eigenvalue weighted by molar-refractivity contribution is -0.140. The fourth-order valence-corrected chi connectivity index (χ4v) is 3.06. The maximum atomic E-state index is 11.1. The molecule has 0 spiro atoms. The van der Waals surface area contributed by atoms with E-state index in [1.807, 2.05) is 0 Å². The minimum Gasteiger partial charge on any atom is -0.481 e. The first-order chi connectivity index (χ1) is 13.2. The molecule has 12 heteroatoms. The van der Waals surface area contributed by atoms with Gasteiger partial charge < -0.3 is 25.7 Å². The molecule has 0 radical (unpaired) electrons. The molecule has 0 bridgehead atoms. The molecule has 1 fully saturated rings. The zero-order valence-corrected chi connectivity index (χ0v) is 15.6. The number of rotatable bonds is 8. The summed E-state index contributed by atoms with van der Waals surface area (Å²) in [6, 6.07) is -0.518. The van der Waals surface area contributed by atoms with Gasteiger partial charge in [0.25, 0.3) is 0 Å². The Bertz CT molecular complexity index is 559. The summed E-state index contributed by atoms with van der Waals surface area (Å²) < 4.78 is 0. The molecule has 0 aromatic heterocycles. The van der Waals surface area contributed by atoms with E-state index < -0.39 is 29.9 Å². The molecule has 160 valence electrons. The van der Waals surface area contributed by atoms with E-state index in [1.54, 1.807) is 14.7 Å². The van der Waals surface area contributed by atoms with E-state index in [2.05, 4.69) is 5.32 Å². The molecule has 5 N–H and O–H groups in total. The quantitative estimate of drug-likeness (QED) is 0.291. The largest absolute Gasteiger partial charge is 0.481 e. The van der Waals surface area contributed by atoms with Gasteiger partial charge in [0.1, 0.15) is 0 Å². The Morgan fingerprint density at radius 3 is 1.57 bits per heavy atom. The van der Waals surface area contributed by atoms with Crippen molar-refractivity contribution in [3.05, 3.63) is 0 Å². The van der Waals surface area contributed by atoms with Crippen molar-refractivity contribution < 1.29 is 39.6 Å². The first-order valence-corrected chi connectivity index (χ1v) is 8.93. The van der Waals surface area contributed by atoms with Crippen molar-refractivity contribution >= 4 is 23.9 Å². The zero-order valence-electron chi connectivity index (χ0n) is 15.6. The van der Waals surface area contributed by atoms with Crippen molar-refractivity contribution in [1.82, 2.24) is 20.0 Å². The Kier molecular flexibility index (Phi) is 10.4. The van der Waals surface area contributed by atoms with Crippen LogP contribution in [0.3, 0.4) is 0 Å². The molecular formula is C16H28N4O8. The minimum atomic E-state index is -1.06. The highest BCUT2D eigenvalue weighted by atomic mass is 16.4. The van der Waals surface area contributed by atoms with Gasteiger partial charge in [0.2, 0.25) is 0 Å². The Morgan fingerprint density at radius 2 is 1.11 bits per heavy atom. The predicted octanol–water partition coefficient (Wildman–Crippen LogP) is -2.41. The lowest BCUT2D eigenvalue weighted by Gasteiger charge is -2.32. The van der Waals surface area contributed by atoms with Gasteiger partial charge in [-0.2, -0.15) is 0 Å². The standard InChI is InChI=1S/C16H28N4O8/c21-13(22)7-12-8-20(11-16(27)28)6-5-19(10-15(25)26)4-3-18(2-1-17-12)9-14(23)24/h12,17H,1-11H2,(H,21,22)(H,23,24)(H,25,26)(H,27,28). The van der Waals surface area contributed by atoms with Gasteiger partial charge >= 0.3 is 23.9 Å². The minimum absolute atomic E-state index is 0.165. The molecule has 1 unspecified atom stereocenters. The summed E-state index contributed by atoms with van der Waals surface area (Å²) in [6.45, 7) is 1.23. The number of aliphatic carboxylic acids is 4. The zero-order chi connectivity index (χ0) is 21.1. The third-order valence-corrected chi connectivity index (χ3v) is 4.30. The highest BCUT2D eigenvalue weighted by molar-refractivity contribution is 5.70. The fraction of sp³-hybridized carbons (Fsp3) is 0.750. The third-order valence-electron chi connectivity index (χ3n) is 4.30. The molecule has 1 heterocycles. The maximum Gasteiger partial charge on any atom is 0.317 e. The molecule has 1 aliphatic heterocycles. The van der Waals surface area contributed by atoms with Crippen LogP contribution >= 0.6 is 0 Å². The van der Waals surface area contributed by atoms with Crippen molar-refractivity contribution in [2.45, 2.75) is 12.5 Å². The molecule has 12 nitrogen and oxygen atoms in total. The van der Waals surface area contributed by atoms with Crippen LogP contribution < -0.4 is 5.32 Å². The number of hydrogen-bond donors (Lipinski definition) is 5. The average molecular weight is 404 g/mol. The van der Waals surface area contributed by atoms with Gasteiger partial charge in [-0.1, -0.05) is 0 Å². The van der Waals surface area contributed by atoms with Gasteiger partial charge in [-0.25, -0.2) is 0 Å².